The number of hydrogen-bond donors (Lipinski definition) is 2. The maximum Gasteiger partial charge on any atom is 0.257 e. The number of methoxy groups -OCH3 is 1. The largest absolute Gasteiger partial charge is 0.495 e. The maximum atomic E-state index is 13.7. The molecule has 2 aromatic carbocycles. The molecule has 0 unspecified atom stereocenters. The van der Waals surface area contributed by atoms with Crippen LogP contribution in [0, 0.1) is 11.6 Å². The van der Waals surface area contributed by atoms with Crippen LogP contribution in [0.4, 0.5) is 25.8 Å². The molecule has 2 N–H and O–H groups in total. The van der Waals surface area contributed by atoms with Gasteiger partial charge in [0, 0.05) is 11.9 Å². The van der Waals surface area contributed by atoms with Crippen LogP contribution in [0.5, 0.6) is 5.75 Å². The summed E-state index contributed by atoms with van der Waals surface area (Å²) in [5, 5.41) is 5.68. The molecule has 1 aromatic heterocycles. The summed E-state index contributed by atoms with van der Waals surface area (Å²) >= 11 is 6.08. The highest BCUT2D eigenvalue weighted by molar-refractivity contribution is 6.32. The van der Waals surface area contributed by atoms with Gasteiger partial charge < -0.3 is 15.4 Å². The molecule has 0 saturated carbocycles. The van der Waals surface area contributed by atoms with E-state index in [-0.39, 0.29) is 5.56 Å². The van der Waals surface area contributed by atoms with Gasteiger partial charge in [-0.05, 0) is 36.4 Å². The van der Waals surface area contributed by atoms with Crippen molar-refractivity contribution in [2.24, 2.45) is 0 Å². The van der Waals surface area contributed by atoms with Gasteiger partial charge in [-0.3, -0.25) is 9.78 Å². The van der Waals surface area contributed by atoms with Crippen molar-refractivity contribution >= 4 is 34.6 Å². The second kappa shape index (κ2) is 8.01. The topological polar surface area (TPSA) is 63.2 Å². The summed E-state index contributed by atoms with van der Waals surface area (Å²) in [6, 6.07) is 9.92. The predicted molar refractivity (Wildman–Crippen MR) is 99.8 cm³/mol. The third kappa shape index (κ3) is 4.32. The summed E-state index contributed by atoms with van der Waals surface area (Å²) in [4.78, 5) is 16.3. The van der Waals surface area contributed by atoms with E-state index in [1.54, 1.807) is 18.2 Å². The number of aromatic nitrogens is 1. The molecule has 0 atom stereocenters. The second-order valence-electron chi connectivity index (χ2n) is 5.49. The zero-order valence-corrected chi connectivity index (χ0v) is 14.8. The number of halogens is 3. The first kappa shape index (κ1) is 18.6. The van der Waals surface area contributed by atoms with E-state index >= 15 is 0 Å². The number of amides is 1. The quantitative estimate of drug-likeness (QED) is 0.643. The Bertz CT molecular complexity index is 978. The monoisotopic (exact) mass is 389 g/mol. The van der Waals surface area contributed by atoms with Crippen LogP contribution >= 0.6 is 11.6 Å². The molecule has 27 heavy (non-hydrogen) atoms. The number of rotatable bonds is 5. The van der Waals surface area contributed by atoms with Crippen molar-refractivity contribution in [3.8, 4) is 5.75 Å². The molecule has 5 nitrogen and oxygen atoms in total. The minimum Gasteiger partial charge on any atom is -0.495 e. The Labute approximate surface area is 159 Å². The zero-order valence-electron chi connectivity index (χ0n) is 14.1. The zero-order chi connectivity index (χ0) is 19.4. The number of hydrogen-bond acceptors (Lipinski definition) is 4. The molecule has 0 bridgehead atoms. The fraction of sp³-hybridized carbons (Fsp3) is 0.0526. The van der Waals surface area contributed by atoms with Gasteiger partial charge >= 0.3 is 0 Å². The number of para-hydroxylation sites is 1. The summed E-state index contributed by atoms with van der Waals surface area (Å²) in [5.41, 5.74) is 0.767. The molecular weight excluding hydrogens is 376 g/mol. The number of nitrogens with zero attached hydrogens (tertiary/aromatic N) is 1. The predicted octanol–water partition coefficient (Wildman–Crippen LogP) is 5.02. The molecule has 138 valence electrons. The van der Waals surface area contributed by atoms with Crippen LogP contribution in [-0.2, 0) is 0 Å². The second-order valence-corrected chi connectivity index (χ2v) is 5.89. The summed E-state index contributed by atoms with van der Waals surface area (Å²) in [6.07, 6.45) is 2.79. The SMILES string of the molecule is COc1ccc(Nc2cncc(C(=O)Nc3c(F)cccc3F)c2)cc1Cl. The van der Waals surface area contributed by atoms with E-state index in [0.717, 1.165) is 12.1 Å². The van der Waals surface area contributed by atoms with Gasteiger partial charge in [0.25, 0.3) is 5.91 Å². The molecule has 0 aliphatic rings. The molecule has 0 spiro atoms. The van der Waals surface area contributed by atoms with E-state index in [1.807, 2.05) is 0 Å². The normalized spacial score (nSPS) is 10.4. The highest BCUT2D eigenvalue weighted by Gasteiger charge is 2.14. The Kier molecular flexibility index (Phi) is 5.52. The average Bonchev–Trinajstić information content (AvgIpc) is 2.65. The smallest absolute Gasteiger partial charge is 0.257 e. The summed E-state index contributed by atoms with van der Waals surface area (Å²) in [5.74, 6) is -1.89. The molecule has 1 heterocycles. The molecule has 0 saturated heterocycles. The lowest BCUT2D eigenvalue weighted by Crippen LogP contribution is -2.14. The molecule has 3 rings (SSSR count). The molecule has 0 fully saturated rings. The Hall–Kier alpha value is -3.19. The van der Waals surface area contributed by atoms with E-state index < -0.39 is 23.2 Å². The lowest BCUT2D eigenvalue weighted by molar-refractivity contribution is 0.102. The molecule has 0 aliphatic carbocycles. The van der Waals surface area contributed by atoms with Gasteiger partial charge in [0.2, 0.25) is 0 Å². The Morgan fingerprint density at radius 3 is 2.48 bits per heavy atom. The number of pyridine rings is 1. The van der Waals surface area contributed by atoms with E-state index in [9.17, 15) is 13.6 Å². The van der Waals surface area contributed by atoms with Crippen LogP contribution in [-0.4, -0.2) is 18.0 Å². The van der Waals surface area contributed by atoms with Gasteiger partial charge in [0.05, 0.1) is 29.6 Å². The van der Waals surface area contributed by atoms with Crippen LogP contribution in [0.1, 0.15) is 10.4 Å². The van der Waals surface area contributed by atoms with Crippen molar-refractivity contribution < 1.29 is 18.3 Å². The van der Waals surface area contributed by atoms with Gasteiger partial charge in [0.15, 0.2) is 0 Å². The van der Waals surface area contributed by atoms with Crippen molar-refractivity contribution in [3.63, 3.8) is 0 Å². The third-order valence-corrected chi connectivity index (χ3v) is 3.94. The highest BCUT2D eigenvalue weighted by atomic mass is 35.5. The Morgan fingerprint density at radius 1 is 1.07 bits per heavy atom. The first-order chi connectivity index (χ1) is 13.0. The van der Waals surface area contributed by atoms with Crippen LogP contribution < -0.4 is 15.4 Å². The molecule has 0 aliphatic heterocycles. The highest BCUT2D eigenvalue weighted by Crippen LogP contribution is 2.29. The van der Waals surface area contributed by atoms with Crippen molar-refractivity contribution in [1.82, 2.24) is 4.98 Å². The van der Waals surface area contributed by atoms with Gasteiger partial charge in [-0.15, -0.1) is 0 Å². The van der Waals surface area contributed by atoms with Crippen molar-refractivity contribution in [2.45, 2.75) is 0 Å². The van der Waals surface area contributed by atoms with Gasteiger partial charge in [-0.2, -0.15) is 0 Å². The van der Waals surface area contributed by atoms with Gasteiger partial charge in [0.1, 0.15) is 23.1 Å². The van der Waals surface area contributed by atoms with Gasteiger partial charge in [-0.1, -0.05) is 17.7 Å². The lowest BCUT2D eigenvalue weighted by atomic mass is 10.2. The standard InChI is InChI=1S/C19H14ClF2N3O2/c1-27-17-6-5-12(8-14(17)20)24-13-7-11(9-23-10-13)19(26)25-18-15(21)3-2-4-16(18)22/h2-10,24H,1H3,(H,25,26). The minimum absolute atomic E-state index is 0.127. The maximum absolute atomic E-state index is 13.7. The third-order valence-electron chi connectivity index (χ3n) is 3.64. The number of carbonyl (C=O) groups excluding carboxylic acids is 1. The number of carbonyl (C=O) groups is 1. The summed E-state index contributed by atoms with van der Waals surface area (Å²) in [6.45, 7) is 0. The molecule has 3 aromatic rings. The van der Waals surface area contributed by atoms with Crippen LogP contribution in [0.3, 0.4) is 0 Å². The number of anilines is 3. The lowest BCUT2D eigenvalue weighted by Gasteiger charge is -2.11. The first-order valence-electron chi connectivity index (χ1n) is 7.79. The Morgan fingerprint density at radius 2 is 1.81 bits per heavy atom. The molecular formula is C19H14ClF2N3O2. The summed E-state index contributed by atoms with van der Waals surface area (Å²) in [7, 11) is 1.51. The van der Waals surface area contributed by atoms with Gasteiger partial charge in [-0.25, -0.2) is 8.78 Å². The number of nitrogens with one attached hydrogen (secondary N) is 2. The molecule has 8 heteroatoms. The van der Waals surface area contributed by atoms with E-state index in [0.29, 0.717) is 22.1 Å². The molecule has 1 amide bonds. The minimum atomic E-state index is -0.863. The van der Waals surface area contributed by atoms with Crippen LogP contribution in [0.15, 0.2) is 54.9 Å². The van der Waals surface area contributed by atoms with Crippen LogP contribution in [0.2, 0.25) is 5.02 Å². The van der Waals surface area contributed by atoms with E-state index in [1.165, 1.54) is 31.6 Å². The van der Waals surface area contributed by atoms with Crippen LogP contribution in [0.25, 0.3) is 0 Å². The van der Waals surface area contributed by atoms with E-state index in [4.69, 9.17) is 16.3 Å². The van der Waals surface area contributed by atoms with Crippen molar-refractivity contribution in [1.29, 1.82) is 0 Å². The fourth-order valence-corrected chi connectivity index (χ4v) is 2.60. The van der Waals surface area contributed by atoms with Crippen molar-refractivity contribution in [2.75, 3.05) is 17.7 Å². The first-order valence-corrected chi connectivity index (χ1v) is 8.16. The van der Waals surface area contributed by atoms with Crippen molar-refractivity contribution in [3.05, 3.63) is 77.1 Å². The fourth-order valence-electron chi connectivity index (χ4n) is 2.35. The average molecular weight is 390 g/mol. The Balaban J connectivity index is 1.79. The molecule has 0 radical (unpaired) electrons. The number of ether oxygens (including phenoxy) is 1. The van der Waals surface area contributed by atoms with E-state index in [2.05, 4.69) is 15.6 Å². The summed E-state index contributed by atoms with van der Waals surface area (Å²) < 4.78 is 32.5. The number of benzene rings is 2.